The number of hydrogen-bond donors (Lipinski definition) is 2. The lowest BCUT2D eigenvalue weighted by molar-refractivity contribution is 0.944. The van der Waals surface area contributed by atoms with E-state index in [1.165, 1.54) is 10.8 Å². The zero-order valence-corrected chi connectivity index (χ0v) is 7.56. The highest BCUT2D eigenvalue weighted by Gasteiger charge is 2.05. The van der Waals surface area contributed by atoms with Crippen molar-refractivity contribution in [2.24, 2.45) is 0 Å². The van der Waals surface area contributed by atoms with Crippen LogP contribution in [-0.4, -0.2) is 19.5 Å². The van der Waals surface area contributed by atoms with Gasteiger partial charge in [-0.05, 0) is 6.92 Å². The van der Waals surface area contributed by atoms with Crippen LogP contribution in [0.15, 0.2) is 23.4 Å². The van der Waals surface area contributed by atoms with Gasteiger partial charge >= 0.3 is 5.69 Å². The molecule has 0 saturated carbocycles. The Morgan fingerprint density at radius 2 is 2.07 bits per heavy atom. The number of H-pyrrole nitrogens is 1. The van der Waals surface area contributed by atoms with E-state index in [9.17, 15) is 4.79 Å². The van der Waals surface area contributed by atoms with Crippen LogP contribution in [0.5, 0.6) is 0 Å². The van der Waals surface area contributed by atoms with Crippen LogP contribution in [-0.2, 0) is 0 Å². The van der Waals surface area contributed by atoms with E-state index in [0.29, 0.717) is 17.3 Å². The molecular weight excluding hydrogens is 182 g/mol. The lowest BCUT2D eigenvalue weighted by atomic mass is 10.5. The third-order valence-electron chi connectivity index (χ3n) is 1.83. The van der Waals surface area contributed by atoms with Crippen molar-refractivity contribution < 1.29 is 0 Å². The molecule has 3 N–H and O–H groups in total. The van der Waals surface area contributed by atoms with E-state index in [1.807, 2.05) is 0 Å². The molecule has 0 radical (unpaired) electrons. The lowest BCUT2D eigenvalue weighted by Crippen LogP contribution is -2.17. The van der Waals surface area contributed by atoms with Crippen LogP contribution in [0.1, 0.15) is 5.82 Å². The molecule has 0 spiro atoms. The summed E-state index contributed by atoms with van der Waals surface area (Å²) in [6.07, 6.45) is 4.53. The SMILES string of the molecule is Cc1ncc(-n2c(N)c[nH]c2=O)cn1. The van der Waals surface area contributed by atoms with Crippen LogP contribution in [0.4, 0.5) is 5.82 Å². The highest BCUT2D eigenvalue weighted by Crippen LogP contribution is 2.06. The summed E-state index contributed by atoms with van der Waals surface area (Å²) in [5.41, 5.74) is 5.85. The monoisotopic (exact) mass is 191 g/mol. The Morgan fingerprint density at radius 1 is 1.43 bits per heavy atom. The average Bonchev–Trinajstić information content (AvgIpc) is 2.49. The number of aryl methyl sites for hydroxylation is 1. The first-order valence-corrected chi connectivity index (χ1v) is 4.03. The number of aromatic nitrogens is 4. The number of hydrogen-bond acceptors (Lipinski definition) is 4. The molecule has 0 aliphatic rings. The Balaban J connectivity index is 2.60. The van der Waals surface area contributed by atoms with E-state index < -0.39 is 0 Å². The Hall–Kier alpha value is -2.11. The third kappa shape index (κ3) is 1.26. The van der Waals surface area contributed by atoms with Gasteiger partial charge in [-0.3, -0.25) is 0 Å². The minimum atomic E-state index is -0.296. The van der Waals surface area contributed by atoms with Crippen LogP contribution in [0, 0.1) is 6.92 Å². The zero-order valence-electron chi connectivity index (χ0n) is 7.56. The van der Waals surface area contributed by atoms with Crippen molar-refractivity contribution in [3.63, 3.8) is 0 Å². The fourth-order valence-corrected chi connectivity index (χ4v) is 1.15. The average molecular weight is 191 g/mol. The van der Waals surface area contributed by atoms with E-state index in [4.69, 9.17) is 5.73 Å². The predicted octanol–water partition coefficient (Wildman–Crippen LogP) is -0.154. The van der Waals surface area contributed by atoms with Gasteiger partial charge in [-0.15, -0.1) is 0 Å². The molecule has 2 rings (SSSR count). The summed E-state index contributed by atoms with van der Waals surface area (Å²) in [7, 11) is 0. The molecule has 14 heavy (non-hydrogen) atoms. The van der Waals surface area contributed by atoms with Gasteiger partial charge in [0.1, 0.15) is 11.6 Å². The Kier molecular flexibility index (Phi) is 1.81. The van der Waals surface area contributed by atoms with Crippen molar-refractivity contribution in [3.05, 3.63) is 34.9 Å². The highest BCUT2D eigenvalue weighted by molar-refractivity contribution is 5.38. The van der Waals surface area contributed by atoms with Crippen molar-refractivity contribution in [3.8, 4) is 5.69 Å². The van der Waals surface area contributed by atoms with Crippen molar-refractivity contribution in [1.82, 2.24) is 19.5 Å². The normalized spacial score (nSPS) is 10.4. The van der Waals surface area contributed by atoms with E-state index in [0.717, 1.165) is 0 Å². The summed E-state index contributed by atoms with van der Waals surface area (Å²) in [5, 5.41) is 0. The largest absolute Gasteiger partial charge is 0.383 e. The molecule has 72 valence electrons. The summed E-state index contributed by atoms with van der Waals surface area (Å²) >= 11 is 0. The number of aromatic amines is 1. The third-order valence-corrected chi connectivity index (χ3v) is 1.83. The number of imidazole rings is 1. The first kappa shape index (κ1) is 8.49. The Bertz CT molecular complexity index is 495. The first-order chi connectivity index (χ1) is 6.68. The number of nitrogens with two attached hydrogens (primary N) is 1. The quantitative estimate of drug-likeness (QED) is 0.655. The molecule has 0 amide bonds. The molecule has 2 aromatic heterocycles. The molecule has 0 saturated heterocycles. The van der Waals surface area contributed by atoms with Gasteiger partial charge in [0.15, 0.2) is 0 Å². The highest BCUT2D eigenvalue weighted by atomic mass is 16.1. The van der Waals surface area contributed by atoms with Gasteiger partial charge in [0.05, 0.1) is 18.1 Å². The Labute approximate surface area is 79.4 Å². The van der Waals surface area contributed by atoms with Gasteiger partial charge in [0.2, 0.25) is 0 Å². The molecule has 0 aliphatic carbocycles. The van der Waals surface area contributed by atoms with Crippen LogP contribution in [0.3, 0.4) is 0 Å². The van der Waals surface area contributed by atoms with Gasteiger partial charge in [0, 0.05) is 6.20 Å². The van der Waals surface area contributed by atoms with Crippen LogP contribution < -0.4 is 11.4 Å². The summed E-state index contributed by atoms with van der Waals surface area (Å²) in [6.45, 7) is 1.77. The predicted molar refractivity (Wildman–Crippen MR) is 51.1 cm³/mol. The number of nitrogen functional groups attached to an aromatic ring is 1. The maximum Gasteiger partial charge on any atom is 0.331 e. The summed E-state index contributed by atoms with van der Waals surface area (Å²) < 4.78 is 1.30. The molecular formula is C8H9N5O. The van der Waals surface area contributed by atoms with E-state index in [1.54, 1.807) is 19.3 Å². The summed E-state index contributed by atoms with van der Waals surface area (Å²) in [5.74, 6) is 0.985. The van der Waals surface area contributed by atoms with Crippen LogP contribution >= 0.6 is 0 Å². The van der Waals surface area contributed by atoms with Gasteiger partial charge < -0.3 is 10.7 Å². The molecule has 2 aromatic rings. The molecule has 0 aromatic carbocycles. The van der Waals surface area contributed by atoms with E-state index in [2.05, 4.69) is 15.0 Å². The summed E-state index contributed by atoms with van der Waals surface area (Å²) in [4.78, 5) is 21.7. The number of nitrogens with zero attached hydrogens (tertiary/aromatic N) is 3. The lowest BCUT2D eigenvalue weighted by Gasteiger charge is -2.01. The number of nitrogens with one attached hydrogen (secondary N) is 1. The number of rotatable bonds is 1. The van der Waals surface area contributed by atoms with E-state index >= 15 is 0 Å². The fraction of sp³-hybridized carbons (Fsp3) is 0.125. The summed E-state index contributed by atoms with van der Waals surface area (Å²) in [6, 6.07) is 0. The van der Waals surface area contributed by atoms with E-state index in [-0.39, 0.29) is 5.69 Å². The van der Waals surface area contributed by atoms with Crippen molar-refractivity contribution >= 4 is 5.82 Å². The maximum atomic E-state index is 11.3. The second-order valence-corrected chi connectivity index (χ2v) is 2.84. The standard InChI is InChI=1S/C8H9N5O/c1-5-10-2-6(3-11-5)13-7(9)4-12-8(13)14/h2-4H,9H2,1H3,(H,12,14). The molecule has 0 unspecified atom stereocenters. The van der Waals surface area contributed by atoms with Gasteiger partial charge in [-0.25, -0.2) is 19.3 Å². The molecule has 6 heteroatoms. The smallest absolute Gasteiger partial charge is 0.331 e. The number of anilines is 1. The topological polar surface area (TPSA) is 89.6 Å². The molecule has 0 fully saturated rings. The van der Waals surface area contributed by atoms with Gasteiger partial charge in [-0.1, -0.05) is 0 Å². The Morgan fingerprint density at radius 3 is 2.57 bits per heavy atom. The fourth-order valence-electron chi connectivity index (χ4n) is 1.15. The van der Waals surface area contributed by atoms with Crippen molar-refractivity contribution in [2.75, 3.05) is 5.73 Å². The molecule has 2 heterocycles. The molecule has 0 aliphatic heterocycles. The van der Waals surface area contributed by atoms with Crippen molar-refractivity contribution in [2.45, 2.75) is 6.92 Å². The minimum Gasteiger partial charge on any atom is -0.383 e. The van der Waals surface area contributed by atoms with Gasteiger partial charge in [0.25, 0.3) is 0 Å². The minimum absolute atomic E-state index is 0.296. The second-order valence-electron chi connectivity index (χ2n) is 2.84. The maximum absolute atomic E-state index is 11.3. The molecule has 0 atom stereocenters. The molecule has 0 bridgehead atoms. The van der Waals surface area contributed by atoms with Crippen LogP contribution in [0.25, 0.3) is 5.69 Å². The van der Waals surface area contributed by atoms with Gasteiger partial charge in [-0.2, -0.15) is 0 Å². The zero-order chi connectivity index (χ0) is 10.1. The van der Waals surface area contributed by atoms with Crippen LogP contribution in [0.2, 0.25) is 0 Å². The first-order valence-electron chi connectivity index (χ1n) is 4.03. The molecule has 6 nitrogen and oxygen atoms in total. The second kappa shape index (κ2) is 2.99. The van der Waals surface area contributed by atoms with Crippen molar-refractivity contribution in [1.29, 1.82) is 0 Å².